The van der Waals surface area contributed by atoms with Crippen LogP contribution in [0.3, 0.4) is 0 Å². The van der Waals surface area contributed by atoms with Gasteiger partial charge in [-0.05, 0) is 43.0 Å². The number of hydrogen-bond donors (Lipinski definition) is 2. The van der Waals surface area contributed by atoms with Crippen molar-refractivity contribution in [2.45, 2.75) is 20.3 Å². The van der Waals surface area contributed by atoms with Crippen LogP contribution in [0.15, 0.2) is 52.6 Å². The van der Waals surface area contributed by atoms with E-state index in [2.05, 4.69) is 20.4 Å². The van der Waals surface area contributed by atoms with E-state index >= 15 is 0 Å². The average Bonchev–Trinajstić information content (AvgIpc) is 3.37. The highest BCUT2D eigenvalue weighted by Crippen LogP contribution is 2.27. The Morgan fingerprint density at radius 1 is 1.27 bits per heavy atom. The Labute approximate surface area is 175 Å². The molecule has 0 fully saturated rings. The van der Waals surface area contributed by atoms with Gasteiger partial charge >= 0.3 is 0 Å². The fraction of sp³-hybridized carbons (Fsp3) is 0.143. The predicted molar refractivity (Wildman–Crippen MR) is 114 cm³/mol. The van der Waals surface area contributed by atoms with Crippen LogP contribution in [0.5, 0.6) is 0 Å². The van der Waals surface area contributed by atoms with Gasteiger partial charge in [0.15, 0.2) is 0 Å². The predicted octanol–water partition coefficient (Wildman–Crippen LogP) is 3.95. The summed E-state index contributed by atoms with van der Waals surface area (Å²) < 4.78 is 14.9. The second kappa shape index (κ2) is 8.03. The van der Waals surface area contributed by atoms with Gasteiger partial charge in [0, 0.05) is 22.9 Å². The molecule has 0 bridgehead atoms. The first-order valence-electron chi connectivity index (χ1n) is 9.27. The smallest absolute Gasteiger partial charge is 0.256 e. The molecule has 4 rings (SSSR count). The number of nitrogens with one attached hydrogen (secondary N) is 2. The number of H-pyrrole nitrogens is 1. The maximum Gasteiger partial charge on any atom is 0.256 e. The Morgan fingerprint density at radius 3 is 2.77 bits per heavy atom. The molecule has 2 N–H and O–H groups in total. The molecule has 0 spiro atoms. The number of carbonyl (C=O) groups is 1. The Balaban J connectivity index is 1.80. The third-order valence-corrected chi connectivity index (χ3v) is 5.47. The molecule has 30 heavy (non-hydrogen) atoms. The van der Waals surface area contributed by atoms with Crippen molar-refractivity contribution in [2.24, 2.45) is 0 Å². The standard InChI is InChI=1S/C21H18FN5O2S/c1-3-15-12(2)23-21(25-20(15)29)27-18(11-16(26-27)17-8-5-9-30-17)24-19(28)13-6-4-7-14(22)10-13/h4-11H,3H2,1-2H3,(H,24,28)(H,23,25,29). The maximum absolute atomic E-state index is 13.5. The van der Waals surface area contributed by atoms with Crippen molar-refractivity contribution in [3.05, 3.63) is 80.8 Å². The van der Waals surface area contributed by atoms with Crippen molar-refractivity contribution >= 4 is 23.1 Å². The normalized spacial score (nSPS) is 10.9. The van der Waals surface area contributed by atoms with Crippen molar-refractivity contribution in [1.82, 2.24) is 19.7 Å². The first kappa shape index (κ1) is 19.7. The second-order valence-electron chi connectivity index (χ2n) is 6.58. The average molecular weight is 423 g/mol. The molecule has 4 aromatic rings. The van der Waals surface area contributed by atoms with E-state index < -0.39 is 11.7 Å². The van der Waals surface area contributed by atoms with Gasteiger partial charge in [-0.15, -0.1) is 11.3 Å². The van der Waals surface area contributed by atoms with Crippen LogP contribution in [-0.4, -0.2) is 25.7 Å². The molecule has 152 valence electrons. The van der Waals surface area contributed by atoms with E-state index in [1.54, 1.807) is 13.0 Å². The second-order valence-corrected chi connectivity index (χ2v) is 7.52. The lowest BCUT2D eigenvalue weighted by Gasteiger charge is -2.10. The van der Waals surface area contributed by atoms with Gasteiger partial charge in [-0.1, -0.05) is 19.1 Å². The van der Waals surface area contributed by atoms with Crippen molar-refractivity contribution < 1.29 is 9.18 Å². The molecule has 3 aromatic heterocycles. The molecular formula is C21H18FN5O2S. The molecule has 0 radical (unpaired) electrons. The lowest BCUT2D eigenvalue weighted by Crippen LogP contribution is -2.22. The number of nitrogens with zero attached hydrogens (tertiary/aromatic N) is 3. The zero-order chi connectivity index (χ0) is 21.3. The minimum Gasteiger partial charge on any atom is -0.306 e. The van der Waals surface area contributed by atoms with E-state index in [1.807, 2.05) is 24.4 Å². The minimum atomic E-state index is -0.507. The van der Waals surface area contributed by atoms with Crippen LogP contribution in [-0.2, 0) is 6.42 Å². The van der Waals surface area contributed by atoms with E-state index in [1.165, 1.54) is 34.2 Å². The first-order valence-corrected chi connectivity index (χ1v) is 10.1. The van der Waals surface area contributed by atoms with E-state index in [9.17, 15) is 14.0 Å². The van der Waals surface area contributed by atoms with Gasteiger partial charge in [-0.25, -0.2) is 9.37 Å². The first-order chi connectivity index (χ1) is 14.5. The molecule has 1 aromatic carbocycles. The van der Waals surface area contributed by atoms with Gasteiger partial charge in [-0.3, -0.25) is 14.6 Å². The van der Waals surface area contributed by atoms with E-state index in [4.69, 9.17) is 0 Å². The van der Waals surface area contributed by atoms with Gasteiger partial charge in [0.05, 0.1) is 4.88 Å². The Kier molecular flexibility index (Phi) is 5.28. The highest BCUT2D eigenvalue weighted by Gasteiger charge is 2.18. The number of thiophene rings is 1. The summed E-state index contributed by atoms with van der Waals surface area (Å²) in [6.07, 6.45) is 0.553. The summed E-state index contributed by atoms with van der Waals surface area (Å²) in [7, 11) is 0. The van der Waals surface area contributed by atoms with Gasteiger partial charge in [0.2, 0.25) is 5.95 Å². The zero-order valence-electron chi connectivity index (χ0n) is 16.3. The molecule has 0 aliphatic heterocycles. The molecule has 0 saturated heterocycles. The quantitative estimate of drug-likeness (QED) is 0.508. The molecule has 0 saturated carbocycles. The Hall–Kier alpha value is -3.59. The summed E-state index contributed by atoms with van der Waals surface area (Å²) in [4.78, 5) is 33.2. The van der Waals surface area contributed by atoms with Crippen molar-refractivity contribution in [3.63, 3.8) is 0 Å². The van der Waals surface area contributed by atoms with E-state index in [-0.39, 0.29) is 17.1 Å². The third-order valence-electron chi connectivity index (χ3n) is 4.58. The molecule has 0 aliphatic rings. The van der Waals surface area contributed by atoms with Crippen LogP contribution < -0.4 is 10.9 Å². The van der Waals surface area contributed by atoms with E-state index in [0.717, 1.165) is 10.9 Å². The molecule has 0 unspecified atom stereocenters. The molecule has 9 heteroatoms. The highest BCUT2D eigenvalue weighted by molar-refractivity contribution is 7.13. The number of hydrogen-bond acceptors (Lipinski definition) is 5. The summed E-state index contributed by atoms with van der Waals surface area (Å²) in [5.41, 5.74) is 1.70. The third kappa shape index (κ3) is 3.79. The van der Waals surface area contributed by atoms with Gasteiger partial charge in [0.1, 0.15) is 17.3 Å². The van der Waals surface area contributed by atoms with Crippen LogP contribution in [0.4, 0.5) is 10.2 Å². The zero-order valence-corrected chi connectivity index (χ0v) is 17.1. The van der Waals surface area contributed by atoms with Crippen molar-refractivity contribution in [1.29, 1.82) is 0 Å². The van der Waals surface area contributed by atoms with Crippen molar-refractivity contribution in [3.8, 4) is 16.5 Å². The van der Waals surface area contributed by atoms with E-state index in [0.29, 0.717) is 29.2 Å². The lowest BCUT2D eigenvalue weighted by atomic mass is 10.2. The number of carbonyl (C=O) groups excluding carboxylic acids is 1. The lowest BCUT2D eigenvalue weighted by molar-refractivity contribution is 0.102. The fourth-order valence-electron chi connectivity index (χ4n) is 3.11. The highest BCUT2D eigenvalue weighted by atomic mass is 32.1. The number of anilines is 1. The number of aryl methyl sites for hydroxylation is 1. The summed E-state index contributed by atoms with van der Waals surface area (Å²) in [6.45, 7) is 3.64. The summed E-state index contributed by atoms with van der Waals surface area (Å²) in [5.74, 6) is -0.517. The number of aromatic amines is 1. The van der Waals surface area contributed by atoms with Crippen LogP contribution in [0.25, 0.3) is 16.5 Å². The summed E-state index contributed by atoms with van der Waals surface area (Å²) in [6, 6.07) is 10.9. The number of aromatic nitrogens is 4. The topological polar surface area (TPSA) is 92.7 Å². The maximum atomic E-state index is 13.5. The summed E-state index contributed by atoms with van der Waals surface area (Å²) >= 11 is 1.49. The van der Waals surface area contributed by atoms with Crippen molar-refractivity contribution in [2.75, 3.05) is 5.32 Å². The molecule has 0 atom stereocenters. The van der Waals surface area contributed by atoms with Gasteiger partial charge in [-0.2, -0.15) is 9.78 Å². The number of benzene rings is 1. The Morgan fingerprint density at radius 2 is 2.10 bits per heavy atom. The monoisotopic (exact) mass is 423 g/mol. The number of rotatable bonds is 5. The van der Waals surface area contributed by atoms with Crippen LogP contribution in [0, 0.1) is 12.7 Å². The number of amides is 1. The Bertz CT molecular complexity index is 1280. The largest absolute Gasteiger partial charge is 0.306 e. The van der Waals surface area contributed by atoms with Crippen LogP contribution in [0.1, 0.15) is 28.5 Å². The van der Waals surface area contributed by atoms with Gasteiger partial charge in [0.25, 0.3) is 11.5 Å². The molecule has 0 aliphatic carbocycles. The number of halogens is 1. The fourth-order valence-corrected chi connectivity index (χ4v) is 3.79. The molecule has 7 nitrogen and oxygen atoms in total. The minimum absolute atomic E-state index is 0.166. The van der Waals surface area contributed by atoms with Gasteiger partial charge < -0.3 is 5.32 Å². The molecule has 1 amide bonds. The molecular weight excluding hydrogens is 405 g/mol. The SMILES string of the molecule is CCc1c(C)nc(-n2nc(-c3cccs3)cc2NC(=O)c2cccc(F)c2)[nH]c1=O. The summed E-state index contributed by atoms with van der Waals surface area (Å²) in [5, 5.41) is 9.19. The van der Waals surface area contributed by atoms with Crippen LogP contribution >= 0.6 is 11.3 Å². The molecule has 3 heterocycles. The van der Waals surface area contributed by atoms with Crippen LogP contribution in [0.2, 0.25) is 0 Å².